The van der Waals surface area contributed by atoms with E-state index >= 15 is 0 Å². The van der Waals surface area contributed by atoms with E-state index < -0.39 is 0 Å². The number of alkyl halides is 1. The Morgan fingerprint density at radius 3 is 2.67 bits per heavy atom. The van der Waals surface area contributed by atoms with Gasteiger partial charge in [0.2, 0.25) is 0 Å². The molecule has 1 heterocycles. The maximum absolute atomic E-state index is 13.5. The summed E-state index contributed by atoms with van der Waals surface area (Å²) in [6.45, 7) is 1.96. The van der Waals surface area contributed by atoms with Crippen molar-refractivity contribution in [1.29, 1.82) is 0 Å². The molecule has 0 spiro atoms. The first-order chi connectivity index (χ1) is 8.54. The van der Waals surface area contributed by atoms with E-state index in [1.54, 1.807) is 12.3 Å². The summed E-state index contributed by atoms with van der Waals surface area (Å²) in [7, 11) is 1.51. The molecule has 0 aliphatic heterocycles. The Labute approximate surface area is 121 Å². The van der Waals surface area contributed by atoms with Gasteiger partial charge in [0.25, 0.3) is 0 Å². The zero-order valence-corrected chi connectivity index (χ0v) is 13.0. The van der Waals surface area contributed by atoms with E-state index in [4.69, 9.17) is 9.15 Å². The van der Waals surface area contributed by atoms with Crippen LogP contribution in [-0.4, -0.2) is 7.11 Å². The van der Waals surface area contributed by atoms with Crippen LogP contribution >= 0.6 is 31.9 Å². The third-order valence-electron chi connectivity index (χ3n) is 2.68. The average molecular weight is 378 g/mol. The number of furan rings is 1. The van der Waals surface area contributed by atoms with Crippen molar-refractivity contribution in [3.63, 3.8) is 0 Å². The van der Waals surface area contributed by atoms with Crippen molar-refractivity contribution in [3.05, 3.63) is 51.6 Å². The van der Waals surface area contributed by atoms with Gasteiger partial charge in [-0.25, -0.2) is 4.39 Å². The summed E-state index contributed by atoms with van der Waals surface area (Å²) in [5.41, 5.74) is 1.84. The Balaban J connectivity index is 2.50. The van der Waals surface area contributed by atoms with Crippen molar-refractivity contribution in [3.8, 4) is 5.75 Å². The molecule has 1 aromatic carbocycles. The molecule has 2 aromatic rings. The Bertz CT molecular complexity index is 566. The molecule has 18 heavy (non-hydrogen) atoms. The molecular weight excluding hydrogens is 367 g/mol. The molecule has 0 aliphatic rings. The number of ether oxygens (including phenoxy) is 1. The highest BCUT2D eigenvalue weighted by molar-refractivity contribution is 9.10. The number of aryl methyl sites for hydroxylation is 1. The van der Waals surface area contributed by atoms with E-state index in [-0.39, 0.29) is 10.6 Å². The summed E-state index contributed by atoms with van der Waals surface area (Å²) in [6, 6.07) is 4.93. The molecule has 0 saturated carbocycles. The lowest BCUT2D eigenvalue weighted by atomic mass is 10.1. The first-order valence-corrected chi connectivity index (χ1v) is 6.96. The molecule has 0 fully saturated rings. The lowest BCUT2D eigenvalue weighted by molar-refractivity contribution is 0.404. The lowest BCUT2D eigenvalue weighted by Gasteiger charge is -2.14. The number of hydrogen-bond donors (Lipinski definition) is 0. The van der Waals surface area contributed by atoms with E-state index in [0.29, 0.717) is 10.2 Å². The van der Waals surface area contributed by atoms with Gasteiger partial charge in [-0.1, -0.05) is 15.9 Å². The van der Waals surface area contributed by atoms with Gasteiger partial charge in [-0.15, -0.1) is 0 Å². The van der Waals surface area contributed by atoms with E-state index in [2.05, 4.69) is 31.9 Å². The largest absolute Gasteiger partial charge is 0.496 e. The molecule has 0 amide bonds. The van der Waals surface area contributed by atoms with Gasteiger partial charge in [-0.2, -0.15) is 0 Å². The minimum Gasteiger partial charge on any atom is -0.496 e. The van der Waals surface area contributed by atoms with E-state index in [1.807, 2.05) is 13.0 Å². The van der Waals surface area contributed by atoms with E-state index in [0.717, 1.165) is 16.9 Å². The van der Waals surface area contributed by atoms with Crippen LogP contribution in [0.25, 0.3) is 0 Å². The zero-order valence-electron chi connectivity index (χ0n) is 9.84. The summed E-state index contributed by atoms with van der Waals surface area (Å²) in [5, 5.41) is 0. The summed E-state index contributed by atoms with van der Waals surface area (Å²) >= 11 is 6.73. The van der Waals surface area contributed by atoms with Gasteiger partial charge in [0, 0.05) is 11.6 Å². The number of hydrogen-bond acceptors (Lipinski definition) is 2. The monoisotopic (exact) mass is 376 g/mol. The first-order valence-electron chi connectivity index (χ1n) is 5.25. The van der Waals surface area contributed by atoms with E-state index in [9.17, 15) is 4.39 Å². The van der Waals surface area contributed by atoms with Crippen LogP contribution in [-0.2, 0) is 0 Å². The molecule has 0 bridgehead atoms. The number of benzene rings is 1. The smallest absolute Gasteiger partial charge is 0.141 e. The summed E-state index contributed by atoms with van der Waals surface area (Å²) in [5.74, 6) is 0.909. The molecule has 1 aromatic heterocycles. The molecule has 0 N–H and O–H groups in total. The second-order valence-electron chi connectivity index (χ2n) is 3.84. The van der Waals surface area contributed by atoms with Crippen LogP contribution in [0.1, 0.15) is 21.7 Å². The Hall–Kier alpha value is -0.810. The van der Waals surface area contributed by atoms with Gasteiger partial charge in [0.1, 0.15) is 22.2 Å². The predicted octanol–water partition coefficient (Wildman–Crippen LogP) is 4.98. The molecule has 1 atom stereocenters. The molecular formula is C13H11Br2FO2. The van der Waals surface area contributed by atoms with Crippen molar-refractivity contribution in [1.82, 2.24) is 0 Å². The topological polar surface area (TPSA) is 22.4 Å². The van der Waals surface area contributed by atoms with Crippen LogP contribution in [0.15, 0.2) is 33.4 Å². The molecule has 0 radical (unpaired) electrons. The van der Waals surface area contributed by atoms with Gasteiger partial charge >= 0.3 is 0 Å². The molecule has 2 nitrogen and oxygen atoms in total. The van der Waals surface area contributed by atoms with E-state index in [1.165, 1.54) is 13.2 Å². The Morgan fingerprint density at radius 1 is 1.39 bits per heavy atom. The third-order valence-corrected chi connectivity index (χ3v) is 4.19. The van der Waals surface area contributed by atoms with Crippen LogP contribution in [0.4, 0.5) is 4.39 Å². The molecule has 2 rings (SSSR count). The molecule has 5 heteroatoms. The molecule has 1 unspecified atom stereocenters. The maximum atomic E-state index is 13.5. The summed E-state index contributed by atoms with van der Waals surface area (Å²) in [6.07, 6.45) is 1.63. The second kappa shape index (κ2) is 5.45. The van der Waals surface area contributed by atoms with Gasteiger partial charge in [0.05, 0.1) is 17.8 Å². The van der Waals surface area contributed by atoms with Crippen molar-refractivity contribution >= 4 is 31.9 Å². The fraction of sp³-hybridized carbons (Fsp3) is 0.231. The van der Waals surface area contributed by atoms with Crippen LogP contribution in [0.3, 0.4) is 0 Å². The van der Waals surface area contributed by atoms with Crippen molar-refractivity contribution in [2.45, 2.75) is 11.8 Å². The minimum atomic E-state index is -0.355. The quantitative estimate of drug-likeness (QED) is 0.703. The molecule has 0 aliphatic carbocycles. The van der Waals surface area contributed by atoms with Gasteiger partial charge in [0.15, 0.2) is 0 Å². The minimum absolute atomic E-state index is 0.181. The number of halogens is 3. The maximum Gasteiger partial charge on any atom is 0.141 e. The Kier molecular flexibility index (Phi) is 4.12. The molecule has 96 valence electrons. The van der Waals surface area contributed by atoms with Crippen LogP contribution in [0.5, 0.6) is 5.75 Å². The second-order valence-corrected chi connectivity index (χ2v) is 5.61. The Morgan fingerprint density at radius 2 is 2.11 bits per heavy atom. The van der Waals surface area contributed by atoms with Crippen molar-refractivity contribution < 1.29 is 13.5 Å². The van der Waals surface area contributed by atoms with Crippen LogP contribution < -0.4 is 4.74 Å². The lowest BCUT2D eigenvalue weighted by Crippen LogP contribution is -1.99. The fourth-order valence-electron chi connectivity index (χ4n) is 1.70. The van der Waals surface area contributed by atoms with Gasteiger partial charge in [-0.3, -0.25) is 0 Å². The van der Waals surface area contributed by atoms with Crippen LogP contribution in [0.2, 0.25) is 0 Å². The fourth-order valence-corrected chi connectivity index (χ4v) is 2.89. The zero-order chi connectivity index (χ0) is 13.3. The summed E-state index contributed by atoms with van der Waals surface area (Å²) in [4.78, 5) is -0.181. The SMILES string of the molecule is COc1cc(F)c(Br)cc1C(Br)c1occc1C. The predicted molar refractivity (Wildman–Crippen MR) is 74.9 cm³/mol. The summed E-state index contributed by atoms with van der Waals surface area (Å²) < 4.78 is 24.5. The van der Waals surface area contributed by atoms with Gasteiger partial charge in [-0.05, 0) is 40.5 Å². The van der Waals surface area contributed by atoms with Gasteiger partial charge < -0.3 is 9.15 Å². The highest BCUT2D eigenvalue weighted by atomic mass is 79.9. The standard InChI is InChI=1S/C13H11Br2FO2/c1-7-3-4-18-13(7)12(15)8-5-9(14)10(16)6-11(8)17-2/h3-6,12H,1-2H3. The third kappa shape index (κ3) is 2.47. The van der Waals surface area contributed by atoms with Crippen LogP contribution in [0, 0.1) is 12.7 Å². The first kappa shape index (κ1) is 13.6. The van der Waals surface area contributed by atoms with Crippen molar-refractivity contribution in [2.75, 3.05) is 7.11 Å². The average Bonchev–Trinajstić information content (AvgIpc) is 2.77. The number of rotatable bonds is 3. The molecule has 0 saturated heterocycles. The highest BCUT2D eigenvalue weighted by Crippen LogP contribution is 2.40. The van der Waals surface area contributed by atoms with Crippen molar-refractivity contribution in [2.24, 2.45) is 0 Å². The normalized spacial score (nSPS) is 12.5. The highest BCUT2D eigenvalue weighted by Gasteiger charge is 2.21. The number of methoxy groups -OCH3 is 1.